The van der Waals surface area contributed by atoms with Gasteiger partial charge in [-0.1, -0.05) is 12.1 Å². The average molecular weight is 239 g/mol. The van der Waals surface area contributed by atoms with Crippen molar-refractivity contribution in [2.45, 2.75) is 19.9 Å². The fourth-order valence-electron chi connectivity index (χ4n) is 1.51. The third-order valence-corrected chi connectivity index (χ3v) is 3.06. The Bertz CT molecular complexity index is 286. The van der Waals surface area contributed by atoms with Gasteiger partial charge in [0, 0.05) is 18.3 Å². The summed E-state index contributed by atoms with van der Waals surface area (Å²) in [5.74, 6) is 2.10. The maximum absolute atomic E-state index is 5.42. The van der Waals surface area contributed by atoms with Gasteiger partial charge in [-0.05, 0) is 37.8 Å². The van der Waals surface area contributed by atoms with Crippen molar-refractivity contribution >= 4 is 11.8 Å². The lowest BCUT2D eigenvalue weighted by atomic mass is 10.1. The van der Waals surface area contributed by atoms with Gasteiger partial charge in [0.2, 0.25) is 0 Å². The van der Waals surface area contributed by atoms with Crippen molar-refractivity contribution in [3.05, 3.63) is 29.8 Å². The van der Waals surface area contributed by atoms with Gasteiger partial charge >= 0.3 is 0 Å². The highest BCUT2D eigenvalue weighted by Crippen LogP contribution is 2.17. The number of thioether (sulfide) groups is 1. The van der Waals surface area contributed by atoms with E-state index in [4.69, 9.17) is 4.74 Å². The average Bonchev–Trinajstić information content (AvgIpc) is 2.30. The molecule has 0 bridgehead atoms. The van der Waals surface area contributed by atoms with E-state index in [1.54, 1.807) is 0 Å². The van der Waals surface area contributed by atoms with Crippen LogP contribution in [-0.4, -0.2) is 25.2 Å². The third kappa shape index (κ3) is 4.45. The molecule has 90 valence electrons. The van der Waals surface area contributed by atoms with Gasteiger partial charge in [0.15, 0.2) is 0 Å². The largest absolute Gasteiger partial charge is 0.494 e. The molecular formula is C13H21NOS. The topological polar surface area (TPSA) is 21.3 Å². The summed E-state index contributed by atoms with van der Waals surface area (Å²) in [6.45, 7) is 5.97. The molecule has 0 aliphatic rings. The summed E-state index contributed by atoms with van der Waals surface area (Å²) in [5.41, 5.74) is 1.31. The first-order valence-corrected chi connectivity index (χ1v) is 7.12. The van der Waals surface area contributed by atoms with Crippen LogP contribution in [-0.2, 0) is 0 Å². The lowest BCUT2D eigenvalue weighted by molar-refractivity contribution is 0.340. The molecule has 1 N–H and O–H groups in total. The first kappa shape index (κ1) is 13.4. The summed E-state index contributed by atoms with van der Waals surface area (Å²) < 4.78 is 5.42. The van der Waals surface area contributed by atoms with Crippen LogP contribution in [0.1, 0.15) is 25.5 Å². The SMILES string of the molecule is CCOc1ccc(C(C)NCCSC)cc1. The minimum absolute atomic E-state index is 0.405. The van der Waals surface area contributed by atoms with Crippen molar-refractivity contribution in [3.63, 3.8) is 0 Å². The Hall–Kier alpha value is -0.670. The summed E-state index contributed by atoms with van der Waals surface area (Å²) in [6, 6.07) is 8.73. The van der Waals surface area contributed by atoms with Gasteiger partial charge in [-0.3, -0.25) is 0 Å². The molecule has 16 heavy (non-hydrogen) atoms. The lowest BCUT2D eigenvalue weighted by Crippen LogP contribution is -2.21. The fourth-order valence-corrected chi connectivity index (χ4v) is 1.84. The molecule has 0 fully saturated rings. The van der Waals surface area contributed by atoms with E-state index >= 15 is 0 Å². The Morgan fingerprint density at radius 1 is 1.31 bits per heavy atom. The van der Waals surface area contributed by atoms with E-state index in [1.807, 2.05) is 30.8 Å². The summed E-state index contributed by atoms with van der Waals surface area (Å²) in [7, 11) is 0. The minimum Gasteiger partial charge on any atom is -0.494 e. The highest BCUT2D eigenvalue weighted by Gasteiger charge is 2.03. The van der Waals surface area contributed by atoms with Crippen LogP contribution in [0.5, 0.6) is 5.75 Å². The smallest absolute Gasteiger partial charge is 0.119 e. The first-order valence-electron chi connectivity index (χ1n) is 5.73. The van der Waals surface area contributed by atoms with Crippen molar-refractivity contribution in [2.75, 3.05) is 25.2 Å². The van der Waals surface area contributed by atoms with Crippen molar-refractivity contribution in [1.82, 2.24) is 5.32 Å². The quantitative estimate of drug-likeness (QED) is 0.739. The molecule has 1 aromatic rings. The summed E-state index contributed by atoms with van der Waals surface area (Å²) >= 11 is 1.87. The molecule has 1 aromatic carbocycles. The van der Waals surface area contributed by atoms with Crippen LogP contribution in [0.25, 0.3) is 0 Å². The minimum atomic E-state index is 0.405. The molecule has 3 heteroatoms. The van der Waals surface area contributed by atoms with Crippen LogP contribution in [0.4, 0.5) is 0 Å². The van der Waals surface area contributed by atoms with Gasteiger partial charge in [0.25, 0.3) is 0 Å². The molecule has 0 aliphatic heterocycles. The molecule has 0 aromatic heterocycles. The predicted molar refractivity (Wildman–Crippen MR) is 72.4 cm³/mol. The number of hydrogen-bond acceptors (Lipinski definition) is 3. The lowest BCUT2D eigenvalue weighted by Gasteiger charge is -2.14. The summed E-state index contributed by atoms with van der Waals surface area (Å²) in [6.07, 6.45) is 2.13. The Morgan fingerprint density at radius 2 is 2.00 bits per heavy atom. The molecule has 1 unspecified atom stereocenters. The third-order valence-electron chi connectivity index (χ3n) is 2.45. The maximum atomic E-state index is 5.42. The predicted octanol–water partition coefficient (Wildman–Crippen LogP) is 3.10. The molecule has 1 atom stereocenters. The molecule has 2 nitrogen and oxygen atoms in total. The molecule has 0 saturated carbocycles. The molecule has 0 heterocycles. The van der Waals surface area contributed by atoms with Crippen LogP contribution >= 0.6 is 11.8 Å². The van der Waals surface area contributed by atoms with Gasteiger partial charge in [-0.25, -0.2) is 0 Å². The maximum Gasteiger partial charge on any atom is 0.119 e. The monoisotopic (exact) mass is 239 g/mol. The van der Waals surface area contributed by atoms with Crippen LogP contribution < -0.4 is 10.1 Å². The second-order valence-electron chi connectivity index (χ2n) is 3.67. The second kappa shape index (κ2) is 7.58. The highest BCUT2D eigenvalue weighted by molar-refractivity contribution is 7.98. The molecular weight excluding hydrogens is 218 g/mol. The summed E-state index contributed by atoms with van der Waals surface area (Å²) in [4.78, 5) is 0. The zero-order valence-corrected chi connectivity index (χ0v) is 11.1. The number of rotatable bonds is 7. The van der Waals surface area contributed by atoms with Crippen molar-refractivity contribution in [1.29, 1.82) is 0 Å². The van der Waals surface area contributed by atoms with Gasteiger partial charge in [-0.2, -0.15) is 11.8 Å². The zero-order chi connectivity index (χ0) is 11.8. The van der Waals surface area contributed by atoms with E-state index in [-0.39, 0.29) is 0 Å². The first-order chi connectivity index (χ1) is 7.77. The number of benzene rings is 1. The number of nitrogens with one attached hydrogen (secondary N) is 1. The summed E-state index contributed by atoms with van der Waals surface area (Å²) in [5, 5.41) is 3.49. The molecule has 1 rings (SSSR count). The van der Waals surface area contributed by atoms with Crippen molar-refractivity contribution in [2.24, 2.45) is 0 Å². The van der Waals surface area contributed by atoms with Gasteiger partial charge in [-0.15, -0.1) is 0 Å². The molecule has 0 spiro atoms. The fraction of sp³-hybridized carbons (Fsp3) is 0.538. The van der Waals surface area contributed by atoms with E-state index in [1.165, 1.54) is 5.56 Å². The van der Waals surface area contributed by atoms with E-state index in [0.29, 0.717) is 6.04 Å². The Morgan fingerprint density at radius 3 is 2.56 bits per heavy atom. The second-order valence-corrected chi connectivity index (χ2v) is 4.66. The highest BCUT2D eigenvalue weighted by atomic mass is 32.2. The van der Waals surface area contributed by atoms with E-state index in [9.17, 15) is 0 Å². The molecule has 0 radical (unpaired) electrons. The molecule has 0 aliphatic carbocycles. The van der Waals surface area contributed by atoms with Crippen molar-refractivity contribution in [3.8, 4) is 5.75 Å². The Labute approximate surface area is 103 Å². The molecule has 0 saturated heterocycles. The zero-order valence-electron chi connectivity index (χ0n) is 10.3. The Balaban J connectivity index is 2.46. The van der Waals surface area contributed by atoms with Gasteiger partial charge < -0.3 is 10.1 Å². The normalized spacial score (nSPS) is 12.4. The van der Waals surface area contributed by atoms with Gasteiger partial charge in [0.1, 0.15) is 5.75 Å². The van der Waals surface area contributed by atoms with Crippen molar-refractivity contribution < 1.29 is 4.74 Å². The van der Waals surface area contributed by atoms with Gasteiger partial charge in [0.05, 0.1) is 6.61 Å². The standard InChI is InChI=1S/C13H21NOS/c1-4-15-13-7-5-12(6-8-13)11(2)14-9-10-16-3/h5-8,11,14H,4,9-10H2,1-3H3. The number of ether oxygens (including phenoxy) is 1. The van der Waals surface area contributed by atoms with E-state index < -0.39 is 0 Å². The van der Waals surface area contributed by atoms with Crippen LogP contribution in [0.15, 0.2) is 24.3 Å². The Kier molecular flexibility index (Phi) is 6.34. The number of hydrogen-bond donors (Lipinski definition) is 1. The molecule has 0 amide bonds. The van der Waals surface area contributed by atoms with Crippen LogP contribution in [0.2, 0.25) is 0 Å². The van der Waals surface area contributed by atoms with E-state index in [2.05, 4.69) is 30.6 Å². The van der Waals surface area contributed by atoms with Crippen LogP contribution in [0.3, 0.4) is 0 Å². The van der Waals surface area contributed by atoms with Crippen LogP contribution in [0, 0.1) is 0 Å². The van der Waals surface area contributed by atoms with E-state index in [0.717, 1.165) is 24.7 Å².